The number of carbonyl (C=O) groups is 1. The number of hydrogen-bond donors (Lipinski definition) is 1. The number of halogens is 1. The van der Waals surface area contributed by atoms with Crippen LogP contribution in [0.25, 0.3) is 5.13 Å². The molecule has 7 heteroatoms. The van der Waals surface area contributed by atoms with Crippen LogP contribution in [0.1, 0.15) is 33.8 Å². The Morgan fingerprint density at radius 2 is 1.90 bits per heavy atom. The van der Waals surface area contributed by atoms with Crippen molar-refractivity contribution in [3.05, 3.63) is 93.5 Å². The van der Waals surface area contributed by atoms with Crippen molar-refractivity contribution in [1.82, 2.24) is 14.8 Å². The Kier molecular flexibility index (Phi) is 5.95. The van der Waals surface area contributed by atoms with Gasteiger partial charge in [-0.1, -0.05) is 29.8 Å². The highest BCUT2D eigenvalue weighted by molar-refractivity contribution is 7.12. The molecule has 31 heavy (non-hydrogen) atoms. The van der Waals surface area contributed by atoms with Gasteiger partial charge in [0.2, 0.25) is 11.0 Å². The summed E-state index contributed by atoms with van der Waals surface area (Å²) < 4.78 is 15.3. The van der Waals surface area contributed by atoms with Gasteiger partial charge in [-0.05, 0) is 50.6 Å². The van der Waals surface area contributed by atoms with Crippen molar-refractivity contribution in [2.24, 2.45) is 0 Å². The fourth-order valence-corrected chi connectivity index (χ4v) is 4.27. The fraction of sp³-hybridized carbons (Fsp3) is 0.208. The predicted molar refractivity (Wildman–Crippen MR) is 121 cm³/mol. The fourth-order valence-electron chi connectivity index (χ4n) is 3.45. The number of amides is 1. The molecule has 2 heterocycles. The van der Waals surface area contributed by atoms with E-state index in [0.29, 0.717) is 17.2 Å². The average molecular weight is 435 g/mol. The van der Waals surface area contributed by atoms with Crippen molar-refractivity contribution < 1.29 is 9.18 Å². The third-order valence-electron chi connectivity index (χ3n) is 5.11. The van der Waals surface area contributed by atoms with E-state index in [1.165, 1.54) is 17.4 Å². The van der Waals surface area contributed by atoms with Gasteiger partial charge < -0.3 is 5.32 Å². The topological polar surface area (TPSA) is 59.8 Å². The Bertz CT molecular complexity index is 1230. The van der Waals surface area contributed by atoms with E-state index in [-0.39, 0.29) is 18.1 Å². The Balaban J connectivity index is 1.48. The lowest BCUT2D eigenvalue weighted by Crippen LogP contribution is -2.14. The maximum atomic E-state index is 13.5. The van der Waals surface area contributed by atoms with Crippen molar-refractivity contribution >= 4 is 22.9 Å². The number of rotatable bonds is 6. The Hall–Kier alpha value is -3.32. The van der Waals surface area contributed by atoms with Crippen LogP contribution in [0.4, 0.5) is 10.1 Å². The molecule has 4 aromatic rings. The summed E-state index contributed by atoms with van der Waals surface area (Å²) in [5.41, 5.74) is 6.42. The van der Waals surface area contributed by atoms with E-state index in [9.17, 15) is 9.18 Å². The third-order valence-corrected chi connectivity index (χ3v) is 5.97. The quantitative estimate of drug-likeness (QED) is 0.456. The molecule has 5 nitrogen and oxygen atoms in total. The van der Waals surface area contributed by atoms with Gasteiger partial charge in [0.25, 0.3) is 0 Å². The monoisotopic (exact) mass is 434 g/mol. The second-order valence-corrected chi connectivity index (χ2v) is 8.42. The minimum absolute atomic E-state index is 0.110. The van der Waals surface area contributed by atoms with E-state index in [1.54, 1.807) is 16.8 Å². The van der Waals surface area contributed by atoms with Gasteiger partial charge in [0, 0.05) is 28.7 Å². The number of nitrogens with one attached hydrogen (secondary N) is 1. The number of aryl methyl sites for hydroxylation is 2. The third kappa shape index (κ3) is 4.88. The lowest BCUT2D eigenvalue weighted by atomic mass is 10.0. The SMILES string of the molecule is Cc1ccc(NC(=O)Cc2csc(-n3nc(C)c(Cc4cccc(F)c4)c3C)n2)cc1. The molecular formula is C24H23FN4OS. The smallest absolute Gasteiger partial charge is 0.230 e. The van der Waals surface area contributed by atoms with Crippen LogP contribution in [-0.4, -0.2) is 20.7 Å². The van der Waals surface area contributed by atoms with E-state index in [4.69, 9.17) is 0 Å². The molecule has 0 saturated heterocycles. The number of carbonyl (C=O) groups excluding carboxylic acids is 1. The Morgan fingerprint density at radius 3 is 2.65 bits per heavy atom. The molecule has 0 aliphatic carbocycles. The summed E-state index contributed by atoms with van der Waals surface area (Å²) in [5, 5.41) is 10.1. The molecule has 2 aromatic carbocycles. The average Bonchev–Trinajstić information content (AvgIpc) is 3.29. The molecule has 0 saturated carbocycles. The first-order chi connectivity index (χ1) is 14.9. The van der Waals surface area contributed by atoms with Crippen molar-refractivity contribution in [2.45, 2.75) is 33.6 Å². The second-order valence-electron chi connectivity index (χ2n) is 7.58. The van der Waals surface area contributed by atoms with Gasteiger partial charge >= 0.3 is 0 Å². The van der Waals surface area contributed by atoms with Crippen molar-refractivity contribution in [1.29, 1.82) is 0 Å². The van der Waals surface area contributed by atoms with E-state index >= 15 is 0 Å². The number of hydrogen-bond acceptors (Lipinski definition) is 4. The molecule has 1 N–H and O–H groups in total. The van der Waals surface area contributed by atoms with E-state index in [1.807, 2.05) is 56.5 Å². The first-order valence-electron chi connectivity index (χ1n) is 10.00. The summed E-state index contributed by atoms with van der Waals surface area (Å²) in [6.07, 6.45) is 0.798. The number of thiazole rings is 1. The molecule has 0 aliphatic rings. The van der Waals surface area contributed by atoms with Crippen molar-refractivity contribution in [2.75, 3.05) is 5.32 Å². The molecule has 0 bridgehead atoms. The van der Waals surface area contributed by atoms with Gasteiger partial charge in [-0.25, -0.2) is 14.1 Å². The molecule has 0 atom stereocenters. The van der Waals surface area contributed by atoms with Crippen LogP contribution in [0.2, 0.25) is 0 Å². The Labute approximate surface area is 184 Å². The van der Waals surface area contributed by atoms with Crippen molar-refractivity contribution in [3.63, 3.8) is 0 Å². The first kappa shape index (κ1) is 20.9. The molecule has 0 unspecified atom stereocenters. The van der Waals surface area contributed by atoms with Crippen LogP contribution in [-0.2, 0) is 17.6 Å². The second kappa shape index (κ2) is 8.81. The number of aromatic nitrogens is 3. The largest absolute Gasteiger partial charge is 0.326 e. The highest BCUT2D eigenvalue weighted by atomic mass is 32.1. The van der Waals surface area contributed by atoms with Gasteiger partial charge in [0.1, 0.15) is 5.82 Å². The summed E-state index contributed by atoms with van der Waals surface area (Å²) in [6, 6.07) is 14.3. The molecule has 0 radical (unpaired) electrons. The lowest BCUT2D eigenvalue weighted by molar-refractivity contribution is -0.115. The molecule has 0 aliphatic heterocycles. The maximum Gasteiger partial charge on any atom is 0.230 e. The van der Waals surface area contributed by atoms with Crippen molar-refractivity contribution in [3.8, 4) is 5.13 Å². The molecule has 2 aromatic heterocycles. The van der Waals surface area contributed by atoms with Crippen LogP contribution in [0, 0.1) is 26.6 Å². The zero-order valence-corrected chi connectivity index (χ0v) is 18.5. The minimum atomic E-state index is -0.242. The predicted octanol–water partition coefficient (Wildman–Crippen LogP) is 5.17. The van der Waals surface area contributed by atoms with Gasteiger partial charge in [-0.2, -0.15) is 5.10 Å². The van der Waals surface area contributed by atoms with Crippen LogP contribution in [0.15, 0.2) is 53.9 Å². The van der Waals surface area contributed by atoms with Gasteiger partial charge in [-0.15, -0.1) is 11.3 Å². The summed E-state index contributed by atoms with van der Waals surface area (Å²) in [5.74, 6) is -0.352. The van der Waals surface area contributed by atoms with Crippen LogP contribution in [0.5, 0.6) is 0 Å². The number of anilines is 1. The molecule has 0 spiro atoms. The maximum absolute atomic E-state index is 13.5. The normalized spacial score (nSPS) is 11.0. The van der Waals surface area contributed by atoms with Crippen LogP contribution < -0.4 is 5.32 Å². The summed E-state index contributed by atoms with van der Waals surface area (Å²) in [7, 11) is 0. The summed E-state index contributed by atoms with van der Waals surface area (Å²) in [6.45, 7) is 5.94. The molecule has 4 rings (SSSR count). The highest BCUT2D eigenvalue weighted by Gasteiger charge is 2.16. The van der Waals surface area contributed by atoms with E-state index in [0.717, 1.165) is 33.8 Å². The van der Waals surface area contributed by atoms with Crippen LogP contribution in [0.3, 0.4) is 0 Å². The zero-order valence-electron chi connectivity index (χ0n) is 17.6. The summed E-state index contributed by atoms with van der Waals surface area (Å²) in [4.78, 5) is 17.0. The highest BCUT2D eigenvalue weighted by Crippen LogP contribution is 2.23. The molecular weight excluding hydrogens is 411 g/mol. The number of nitrogens with zero attached hydrogens (tertiary/aromatic N) is 3. The van der Waals surface area contributed by atoms with E-state index < -0.39 is 0 Å². The standard InChI is InChI=1S/C24H23FN4OS/c1-15-7-9-20(10-8-15)26-23(30)13-21-14-31-24(27-21)29-17(3)22(16(2)28-29)12-18-5-4-6-19(25)11-18/h4-11,14H,12-13H2,1-3H3,(H,26,30). The lowest BCUT2D eigenvalue weighted by Gasteiger charge is -2.04. The Morgan fingerprint density at radius 1 is 1.13 bits per heavy atom. The zero-order chi connectivity index (χ0) is 22.0. The van der Waals surface area contributed by atoms with Gasteiger partial charge in [-0.3, -0.25) is 4.79 Å². The number of benzene rings is 2. The summed E-state index contributed by atoms with van der Waals surface area (Å²) >= 11 is 1.45. The van der Waals surface area contributed by atoms with Crippen LogP contribution >= 0.6 is 11.3 Å². The molecule has 158 valence electrons. The molecule has 1 amide bonds. The first-order valence-corrected chi connectivity index (χ1v) is 10.9. The molecule has 0 fully saturated rings. The van der Waals surface area contributed by atoms with E-state index in [2.05, 4.69) is 15.4 Å². The van der Waals surface area contributed by atoms with Gasteiger partial charge in [0.15, 0.2) is 0 Å². The minimum Gasteiger partial charge on any atom is -0.326 e. The van der Waals surface area contributed by atoms with Gasteiger partial charge in [0.05, 0.1) is 17.8 Å².